The lowest BCUT2D eigenvalue weighted by molar-refractivity contribution is -0.140. The van der Waals surface area contributed by atoms with E-state index in [1.807, 2.05) is 0 Å². The third-order valence-electron chi connectivity index (χ3n) is 4.23. The van der Waals surface area contributed by atoms with Crippen molar-refractivity contribution in [2.45, 2.75) is 6.61 Å². The lowest BCUT2D eigenvalue weighted by Crippen LogP contribution is -2.33. The number of aliphatic carboxylic acids is 1. The molecule has 1 fully saturated rings. The summed E-state index contributed by atoms with van der Waals surface area (Å²) in [4.78, 5) is 35.8. The molecule has 0 radical (unpaired) electrons. The number of hydrogen-bond acceptors (Lipinski definition) is 7. The Morgan fingerprint density at radius 3 is 2.74 bits per heavy atom. The van der Waals surface area contributed by atoms with Gasteiger partial charge in [0.2, 0.25) is 0 Å². The molecule has 2 aromatic carbocycles. The summed E-state index contributed by atoms with van der Waals surface area (Å²) in [6, 6.07) is 12.2. The number of carbonyl (C=O) groups is 3. The number of thioether (sulfide) groups is 1. The highest BCUT2D eigenvalue weighted by Crippen LogP contribution is 2.39. The van der Waals surface area contributed by atoms with Crippen LogP contribution in [0.25, 0.3) is 6.08 Å². The average molecular weight is 459 g/mol. The van der Waals surface area contributed by atoms with E-state index >= 15 is 0 Å². The molecule has 1 heterocycles. The maximum atomic E-state index is 12.3. The fourth-order valence-corrected chi connectivity index (χ4v) is 3.90. The van der Waals surface area contributed by atoms with Gasteiger partial charge in [-0.2, -0.15) is 5.26 Å². The van der Waals surface area contributed by atoms with Crippen LogP contribution in [-0.4, -0.2) is 40.8 Å². The van der Waals surface area contributed by atoms with Crippen LogP contribution >= 0.6 is 23.4 Å². The largest absolute Gasteiger partial charge is 0.493 e. The van der Waals surface area contributed by atoms with Crippen LogP contribution in [-0.2, 0) is 16.2 Å². The first-order valence-corrected chi connectivity index (χ1v) is 9.99. The van der Waals surface area contributed by atoms with Crippen molar-refractivity contribution < 1.29 is 29.0 Å². The van der Waals surface area contributed by atoms with Crippen molar-refractivity contribution in [1.29, 1.82) is 5.26 Å². The molecule has 0 spiro atoms. The molecule has 0 aliphatic carbocycles. The van der Waals surface area contributed by atoms with E-state index in [0.717, 1.165) is 0 Å². The Balaban J connectivity index is 1.85. The summed E-state index contributed by atoms with van der Waals surface area (Å²) >= 11 is 7.00. The fourth-order valence-electron chi connectivity index (χ4n) is 2.79. The highest BCUT2D eigenvalue weighted by atomic mass is 35.5. The van der Waals surface area contributed by atoms with Crippen LogP contribution in [0.4, 0.5) is 4.79 Å². The molecule has 8 nitrogen and oxygen atoms in total. The zero-order valence-electron chi connectivity index (χ0n) is 16.1. The number of carboxylic acid groups (broad SMARTS) is 1. The van der Waals surface area contributed by atoms with Gasteiger partial charge in [-0.1, -0.05) is 29.8 Å². The first-order valence-electron chi connectivity index (χ1n) is 8.79. The lowest BCUT2D eigenvalue weighted by Gasteiger charge is -2.14. The molecule has 31 heavy (non-hydrogen) atoms. The molecule has 1 N–H and O–H groups in total. The molecule has 0 aromatic heterocycles. The van der Waals surface area contributed by atoms with Crippen LogP contribution in [0.2, 0.25) is 5.02 Å². The van der Waals surface area contributed by atoms with Gasteiger partial charge in [0.15, 0.2) is 11.5 Å². The number of rotatable bonds is 7. The normalized spacial score (nSPS) is 14.6. The predicted octanol–water partition coefficient (Wildman–Crippen LogP) is 3.92. The number of carbonyl (C=O) groups excluding carboxylic acids is 2. The number of carboxylic acids is 1. The van der Waals surface area contributed by atoms with Crippen molar-refractivity contribution in [3.8, 4) is 17.6 Å². The number of ether oxygens (including phenoxy) is 2. The van der Waals surface area contributed by atoms with Crippen molar-refractivity contribution in [3.63, 3.8) is 0 Å². The Hall–Kier alpha value is -3.48. The SMILES string of the molecule is COc1cc(/C=C2/SC(=O)N(CC(=O)O)C2=O)cc(Cl)c1OCc1ccccc1C#N. The van der Waals surface area contributed by atoms with Crippen LogP contribution in [0.1, 0.15) is 16.7 Å². The second kappa shape index (κ2) is 9.55. The number of imide groups is 1. The maximum absolute atomic E-state index is 12.3. The van der Waals surface area contributed by atoms with Crippen molar-refractivity contribution in [1.82, 2.24) is 4.90 Å². The number of amides is 2. The molecule has 158 valence electrons. The van der Waals surface area contributed by atoms with E-state index in [1.165, 1.54) is 19.3 Å². The first kappa shape index (κ1) is 22.2. The number of nitriles is 1. The van der Waals surface area contributed by atoms with Crippen LogP contribution in [0.5, 0.6) is 11.5 Å². The number of methoxy groups -OCH3 is 1. The van der Waals surface area contributed by atoms with E-state index in [0.29, 0.717) is 33.4 Å². The topological polar surface area (TPSA) is 117 Å². The number of halogens is 1. The maximum Gasteiger partial charge on any atom is 0.323 e. The number of nitrogens with zero attached hydrogens (tertiary/aromatic N) is 2. The average Bonchev–Trinajstić information content (AvgIpc) is 2.99. The smallest absolute Gasteiger partial charge is 0.323 e. The monoisotopic (exact) mass is 458 g/mol. The minimum absolute atomic E-state index is 0.0704. The minimum atomic E-state index is -1.28. The van der Waals surface area contributed by atoms with Crippen LogP contribution in [0.3, 0.4) is 0 Å². The van der Waals surface area contributed by atoms with Crippen LogP contribution in [0.15, 0.2) is 41.3 Å². The quantitative estimate of drug-likeness (QED) is 0.620. The summed E-state index contributed by atoms with van der Waals surface area (Å²) in [5.41, 5.74) is 1.62. The van der Waals surface area contributed by atoms with E-state index in [9.17, 15) is 19.6 Å². The molecule has 10 heteroatoms. The zero-order valence-corrected chi connectivity index (χ0v) is 17.7. The zero-order chi connectivity index (χ0) is 22.5. The van der Waals surface area contributed by atoms with Crippen molar-refractivity contribution >= 4 is 46.6 Å². The summed E-state index contributed by atoms with van der Waals surface area (Å²) in [5, 5.41) is 17.6. The second-order valence-electron chi connectivity index (χ2n) is 6.25. The molecule has 1 aliphatic heterocycles. The Bertz CT molecular complexity index is 1140. The van der Waals surface area contributed by atoms with Gasteiger partial charge >= 0.3 is 5.97 Å². The lowest BCUT2D eigenvalue weighted by atomic mass is 10.1. The van der Waals surface area contributed by atoms with Crippen molar-refractivity contribution in [3.05, 3.63) is 63.0 Å². The molecular formula is C21H15ClN2O6S. The molecule has 0 unspecified atom stereocenters. The molecule has 3 rings (SSSR count). The van der Waals surface area contributed by atoms with Gasteiger partial charge in [0.1, 0.15) is 13.2 Å². The molecule has 2 amide bonds. The minimum Gasteiger partial charge on any atom is -0.493 e. The highest BCUT2D eigenvalue weighted by molar-refractivity contribution is 8.18. The van der Waals surface area contributed by atoms with Gasteiger partial charge in [-0.15, -0.1) is 0 Å². The third kappa shape index (κ3) is 4.99. The van der Waals surface area contributed by atoms with Gasteiger partial charge in [0.05, 0.1) is 28.7 Å². The van der Waals surface area contributed by atoms with E-state index in [1.54, 1.807) is 30.3 Å². The van der Waals surface area contributed by atoms with Crippen molar-refractivity contribution in [2.24, 2.45) is 0 Å². The number of benzene rings is 2. The molecule has 0 atom stereocenters. The summed E-state index contributed by atoms with van der Waals surface area (Å²) in [6.45, 7) is -0.615. The molecular weight excluding hydrogens is 444 g/mol. The van der Waals surface area contributed by atoms with E-state index in [2.05, 4.69) is 6.07 Å². The number of hydrogen-bond donors (Lipinski definition) is 1. The van der Waals surface area contributed by atoms with Gasteiger partial charge in [0.25, 0.3) is 11.1 Å². The van der Waals surface area contributed by atoms with Gasteiger partial charge < -0.3 is 14.6 Å². The highest BCUT2D eigenvalue weighted by Gasteiger charge is 2.36. The van der Waals surface area contributed by atoms with E-state index in [4.69, 9.17) is 26.2 Å². The summed E-state index contributed by atoms with van der Waals surface area (Å²) < 4.78 is 11.1. The molecule has 0 bridgehead atoms. The fraction of sp³-hybridized carbons (Fsp3) is 0.143. The van der Waals surface area contributed by atoms with E-state index < -0.39 is 23.7 Å². The van der Waals surface area contributed by atoms with Gasteiger partial charge in [-0.3, -0.25) is 19.3 Å². The van der Waals surface area contributed by atoms with Crippen LogP contribution < -0.4 is 9.47 Å². The summed E-state index contributed by atoms with van der Waals surface area (Å²) in [5.74, 6) is -1.43. The van der Waals surface area contributed by atoms with Crippen molar-refractivity contribution in [2.75, 3.05) is 13.7 Å². The van der Waals surface area contributed by atoms with Crippen LogP contribution in [0, 0.1) is 11.3 Å². The third-order valence-corrected chi connectivity index (χ3v) is 5.41. The Morgan fingerprint density at radius 1 is 1.32 bits per heavy atom. The standard InChI is InChI=1S/C21H15ClN2O6S/c1-29-16-7-12(8-17-20(27)24(10-18(25)26)21(28)31-17)6-15(22)19(16)30-11-14-5-3-2-4-13(14)9-23/h2-8H,10-11H2,1H3,(H,25,26)/b17-8+. The molecule has 1 aliphatic rings. The molecule has 2 aromatic rings. The predicted molar refractivity (Wildman–Crippen MR) is 114 cm³/mol. The summed E-state index contributed by atoms with van der Waals surface area (Å²) in [6.07, 6.45) is 1.43. The Labute approximate surface area is 186 Å². The molecule has 0 saturated carbocycles. The van der Waals surface area contributed by atoms with Gasteiger partial charge in [-0.05, 0) is 41.6 Å². The first-order chi connectivity index (χ1) is 14.8. The Morgan fingerprint density at radius 2 is 2.06 bits per heavy atom. The van der Waals surface area contributed by atoms with Gasteiger partial charge in [-0.25, -0.2) is 0 Å². The van der Waals surface area contributed by atoms with Gasteiger partial charge in [0, 0.05) is 5.56 Å². The Kier molecular flexibility index (Phi) is 6.84. The molecule has 1 saturated heterocycles. The van der Waals surface area contributed by atoms with E-state index in [-0.39, 0.29) is 28.0 Å². The second-order valence-corrected chi connectivity index (χ2v) is 7.65. The summed E-state index contributed by atoms with van der Waals surface area (Å²) in [7, 11) is 1.42.